The van der Waals surface area contributed by atoms with Gasteiger partial charge in [-0.3, -0.25) is 43.2 Å². The van der Waals surface area contributed by atoms with Crippen LogP contribution in [0.2, 0.25) is 0 Å². The van der Waals surface area contributed by atoms with E-state index in [0.29, 0.717) is 12.8 Å². The third-order valence-corrected chi connectivity index (χ3v) is 5.97. The van der Waals surface area contributed by atoms with Gasteiger partial charge in [-0.05, 0) is 19.3 Å². The molecule has 18 nitrogen and oxygen atoms in total. The van der Waals surface area contributed by atoms with Crippen molar-refractivity contribution in [1.82, 2.24) is 0 Å². The van der Waals surface area contributed by atoms with E-state index in [1.54, 1.807) is 6.92 Å². The standard InChI is InChI=1S/C9H14O6.C8H12O6.C7H10O6/c1-2-3-4-5-9(6(10)11,7(12)13)8(14)15;1-2-3-4-8(5(9)10,6(11)12)7(13)14;1-2-3-7(4(8)9,5(10)11)6(12)13/h2-5H2,1H3,(H,10,11)(H,12,13)(H,14,15);2-4H2,1H3,(H,9,10)(H,11,12)(H,13,14);2-3H2,1H3,(H,8,9)(H,10,11)(H,12,13). The zero-order chi connectivity index (χ0) is 34.1. The maximum atomic E-state index is 10.7. The van der Waals surface area contributed by atoms with Crippen molar-refractivity contribution in [2.45, 2.75) is 78.6 Å². The Bertz CT molecular complexity index is 918. The van der Waals surface area contributed by atoms with Crippen molar-refractivity contribution in [1.29, 1.82) is 0 Å². The minimum atomic E-state index is -2.70. The zero-order valence-electron chi connectivity index (χ0n) is 23.1. The lowest BCUT2D eigenvalue weighted by atomic mass is 9.82. The van der Waals surface area contributed by atoms with Crippen LogP contribution in [-0.2, 0) is 43.2 Å². The van der Waals surface area contributed by atoms with Gasteiger partial charge in [-0.25, -0.2) is 0 Å². The molecule has 0 aromatic heterocycles. The molecule has 42 heavy (non-hydrogen) atoms. The van der Waals surface area contributed by atoms with Crippen molar-refractivity contribution in [3.63, 3.8) is 0 Å². The van der Waals surface area contributed by atoms with Crippen LogP contribution in [0.3, 0.4) is 0 Å². The molecular weight excluding hydrogens is 576 g/mol. The highest BCUT2D eigenvalue weighted by molar-refractivity contribution is 6.17. The first kappa shape index (κ1) is 41.7. The van der Waals surface area contributed by atoms with Gasteiger partial charge in [-0.15, -0.1) is 0 Å². The van der Waals surface area contributed by atoms with Crippen LogP contribution in [0.5, 0.6) is 0 Å². The Hall–Kier alpha value is -4.77. The molecular formula is C24H36O18. The van der Waals surface area contributed by atoms with Crippen LogP contribution in [0.4, 0.5) is 0 Å². The van der Waals surface area contributed by atoms with Gasteiger partial charge in [0.2, 0.25) is 0 Å². The van der Waals surface area contributed by atoms with E-state index in [2.05, 4.69) is 0 Å². The summed E-state index contributed by atoms with van der Waals surface area (Å²) >= 11 is 0. The van der Waals surface area contributed by atoms with E-state index < -0.39 is 82.8 Å². The minimum Gasteiger partial charge on any atom is -0.480 e. The van der Waals surface area contributed by atoms with Crippen molar-refractivity contribution < 1.29 is 89.1 Å². The molecule has 0 saturated heterocycles. The molecule has 0 rings (SSSR count). The third-order valence-electron chi connectivity index (χ3n) is 5.97. The van der Waals surface area contributed by atoms with Gasteiger partial charge >= 0.3 is 53.7 Å². The fourth-order valence-corrected chi connectivity index (χ4v) is 3.24. The highest BCUT2D eigenvalue weighted by atomic mass is 16.4. The van der Waals surface area contributed by atoms with Gasteiger partial charge in [0.25, 0.3) is 16.2 Å². The Labute approximate surface area is 238 Å². The van der Waals surface area contributed by atoms with Gasteiger partial charge in [0.1, 0.15) is 0 Å². The van der Waals surface area contributed by atoms with Crippen LogP contribution in [-0.4, -0.2) is 99.7 Å². The number of hydrogen-bond acceptors (Lipinski definition) is 9. The summed E-state index contributed by atoms with van der Waals surface area (Å²) in [6.07, 6.45) is 1.37. The second-order valence-electron chi connectivity index (χ2n) is 8.77. The monoisotopic (exact) mass is 612 g/mol. The maximum absolute atomic E-state index is 10.7. The molecule has 0 aromatic rings. The van der Waals surface area contributed by atoms with Gasteiger partial charge in [0.05, 0.1) is 0 Å². The van der Waals surface area contributed by atoms with E-state index in [1.807, 2.05) is 6.92 Å². The fraction of sp³-hybridized carbons (Fsp3) is 0.625. The molecule has 0 aromatic carbocycles. The lowest BCUT2D eigenvalue weighted by Crippen LogP contribution is -2.46. The second kappa shape index (κ2) is 18.6. The zero-order valence-corrected chi connectivity index (χ0v) is 23.1. The number of carbonyl (C=O) groups is 9. The molecule has 9 N–H and O–H groups in total. The lowest BCUT2D eigenvalue weighted by molar-refractivity contribution is -0.179. The molecule has 0 spiro atoms. The number of carboxylic acid groups (broad SMARTS) is 9. The molecule has 0 heterocycles. The predicted octanol–water partition coefficient (Wildman–Crippen LogP) is 1.25. The Kier molecular flexibility index (Phi) is 18.4. The largest absolute Gasteiger partial charge is 0.480 e. The molecule has 0 saturated carbocycles. The highest BCUT2D eigenvalue weighted by Crippen LogP contribution is 2.28. The van der Waals surface area contributed by atoms with Gasteiger partial charge in [-0.1, -0.05) is 59.3 Å². The predicted molar refractivity (Wildman–Crippen MR) is 135 cm³/mol. The smallest absolute Gasteiger partial charge is 0.332 e. The summed E-state index contributed by atoms with van der Waals surface area (Å²) in [6, 6.07) is 0. The van der Waals surface area contributed by atoms with Gasteiger partial charge in [0.15, 0.2) is 0 Å². The summed E-state index contributed by atoms with van der Waals surface area (Å²) in [4.78, 5) is 95.8. The molecule has 0 amide bonds. The summed E-state index contributed by atoms with van der Waals surface area (Å²) in [5, 5.41) is 77.6. The summed E-state index contributed by atoms with van der Waals surface area (Å²) in [5.74, 6) is -16.5. The maximum Gasteiger partial charge on any atom is 0.332 e. The SMILES string of the molecule is CCCC(C(=O)O)(C(=O)O)C(=O)O.CCCCC(C(=O)O)(C(=O)O)C(=O)O.CCCCCC(C(=O)O)(C(=O)O)C(=O)O. The van der Waals surface area contributed by atoms with Crippen LogP contribution in [0.25, 0.3) is 0 Å². The van der Waals surface area contributed by atoms with Crippen LogP contribution in [0, 0.1) is 16.2 Å². The summed E-state index contributed by atoms with van der Waals surface area (Å²) in [6.45, 7) is 5.09. The summed E-state index contributed by atoms with van der Waals surface area (Å²) in [5.41, 5.74) is -8.10. The molecule has 0 aliphatic heterocycles. The topological polar surface area (TPSA) is 336 Å². The number of hydrogen-bond donors (Lipinski definition) is 9. The van der Waals surface area contributed by atoms with Crippen molar-refractivity contribution in [2.24, 2.45) is 16.2 Å². The van der Waals surface area contributed by atoms with E-state index in [4.69, 9.17) is 46.0 Å². The molecule has 18 heteroatoms. The highest BCUT2D eigenvalue weighted by Gasteiger charge is 2.55. The normalized spacial score (nSPS) is 10.9. The van der Waals surface area contributed by atoms with E-state index in [0.717, 1.165) is 6.42 Å². The molecule has 0 fully saturated rings. The van der Waals surface area contributed by atoms with Gasteiger partial charge in [0, 0.05) is 0 Å². The molecule has 240 valence electrons. The van der Waals surface area contributed by atoms with Crippen molar-refractivity contribution in [3.05, 3.63) is 0 Å². The minimum absolute atomic E-state index is 0.172. The number of rotatable bonds is 18. The van der Waals surface area contributed by atoms with E-state index in [-0.39, 0.29) is 25.7 Å². The molecule has 0 radical (unpaired) electrons. The Morgan fingerprint density at radius 2 is 0.548 bits per heavy atom. The van der Waals surface area contributed by atoms with Crippen LogP contribution < -0.4 is 0 Å². The summed E-state index contributed by atoms with van der Waals surface area (Å²) < 4.78 is 0. The van der Waals surface area contributed by atoms with Gasteiger partial charge in [-0.2, -0.15) is 0 Å². The van der Waals surface area contributed by atoms with Crippen LogP contribution >= 0.6 is 0 Å². The third kappa shape index (κ3) is 10.0. The Morgan fingerprint density at radius 3 is 0.714 bits per heavy atom. The first-order valence-corrected chi connectivity index (χ1v) is 12.3. The molecule has 0 bridgehead atoms. The van der Waals surface area contributed by atoms with Crippen LogP contribution in [0.15, 0.2) is 0 Å². The quantitative estimate of drug-likeness (QED) is 0.0776. The van der Waals surface area contributed by atoms with E-state index in [9.17, 15) is 43.2 Å². The van der Waals surface area contributed by atoms with Crippen molar-refractivity contribution in [2.75, 3.05) is 0 Å². The number of carboxylic acids is 9. The van der Waals surface area contributed by atoms with Crippen LogP contribution in [0.1, 0.15) is 78.6 Å². The molecule has 0 aliphatic rings. The first-order chi connectivity index (χ1) is 19.2. The first-order valence-electron chi connectivity index (χ1n) is 12.3. The van der Waals surface area contributed by atoms with Crippen molar-refractivity contribution in [3.8, 4) is 0 Å². The average Bonchev–Trinajstić information content (AvgIpc) is 2.84. The fourth-order valence-electron chi connectivity index (χ4n) is 3.24. The number of aliphatic carboxylic acids is 9. The Balaban J connectivity index is -0.000000545. The van der Waals surface area contributed by atoms with E-state index >= 15 is 0 Å². The van der Waals surface area contributed by atoms with Gasteiger partial charge < -0.3 is 46.0 Å². The average molecular weight is 613 g/mol. The molecule has 0 atom stereocenters. The Morgan fingerprint density at radius 1 is 0.333 bits per heavy atom. The summed E-state index contributed by atoms with van der Waals surface area (Å²) in [7, 11) is 0. The number of unbranched alkanes of at least 4 members (excludes halogenated alkanes) is 3. The molecule has 0 aliphatic carbocycles. The van der Waals surface area contributed by atoms with E-state index in [1.165, 1.54) is 6.92 Å². The molecule has 0 unspecified atom stereocenters. The van der Waals surface area contributed by atoms with Crippen molar-refractivity contribution >= 4 is 53.7 Å². The lowest BCUT2D eigenvalue weighted by Gasteiger charge is -2.19. The second-order valence-corrected chi connectivity index (χ2v) is 8.77.